The summed E-state index contributed by atoms with van der Waals surface area (Å²) in [7, 11) is 10.1. The number of aromatic hydroxyl groups is 1. The average Bonchev–Trinajstić information content (AvgIpc) is 3.86. The molecular weight excluding hydrogens is 921 g/mol. The average molecular weight is 997 g/mol. The monoisotopic (exact) mass is 997 g/mol. The largest absolute Gasteiger partial charge is 0.504 e. The van der Waals surface area contributed by atoms with Crippen LogP contribution in [0.25, 0.3) is 45.3 Å². The van der Waals surface area contributed by atoms with Crippen molar-refractivity contribution in [2.75, 3.05) is 119 Å². The fourth-order valence-electron chi connectivity index (χ4n) is 6.94. The van der Waals surface area contributed by atoms with Gasteiger partial charge in [-0.3, -0.25) is 4.68 Å². The van der Waals surface area contributed by atoms with E-state index in [1.165, 1.54) is 7.11 Å². The number of likely N-dealkylation sites (N-methyl/N-ethyl adjacent to an activating group) is 2. The number of ether oxygens (including phenoxy) is 6. The smallest absolute Gasteiger partial charge is 0.162 e. The van der Waals surface area contributed by atoms with E-state index in [4.69, 9.17) is 43.4 Å². The van der Waals surface area contributed by atoms with Gasteiger partial charge in [-0.15, -0.1) is 0 Å². The van der Waals surface area contributed by atoms with E-state index >= 15 is 0 Å². The highest BCUT2D eigenvalue weighted by Crippen LogP contribution is 2.33. The third-order valence-corrected chi connectivity index (χ3v) is 10.4. The van der Waals surface area contributed by atoms with Gasteiger partial charge < -0.3 is 64.6 Å². The summed E-state index contributed by atoms with van der Waals surface area (Å²) in [6.45, 7) is 14.0. The summed E-state index contributed by atoms with van der Waals surface area (Å²) in [5, 5.41) is 43.5. The molecule has 0 bridgehead atoms. The number of rotatable bonds is 28. The fourth-order valence-corrected chi connectivity index (χ4v) is 6.94. The number of hydrogen-bond acceptors (Lipinski definition) is 18. The van der Waals surface area contributed by atoms with E-state index < -0.39 is 12.2 Å². The van der Waals surface area contributed by atoms with Gasteiger partial charge in [-0.2, -0.15) is 5.10 Å². The summed E-state index contributed by atoms with van der Waals surface area (Å²) in [5.41, 5.74) is 4.71. The molecule has 0 amide bonds. The normalized spacial score (nSPS) is 11.7. The van der Waals surface area contributed by atoms with E-state index in [1.54, 1.807) is 53.6 Å². The van der Waals surface area contributed by atoms with Crippen molar-refractivity contribution in [3.63, 3.8) is 0 Å². The first-order valence-corrected chi connectivity index (χ1v) is 24.2. The molecule has 19 nitrogen and oxygen atoms in total. The summed E-state index contributed by atoms with van der Waals surface area (Å²) < 4.78 is 34.5. The van der Waals surface area contributed by atoms with Crippen LogP contribution in [-0.4, -0.2) is 166 Å². The zero-order valence-corrected chi connectivity index (χ0v) is 43.6. The predicted molar refractivity (Wildman–Crippen MR) is 283 cm³/mol. The molecule has 6 aromatic rings. The Morgan fingerprint density at radius 1 is 0.653 bits per heavy atom. The number of benzene rings is 3. The number of aliphatic hydroxyl groups excluding tert-OH is 2. The van der Waals surface area contributed by atoms with Gasteiger partial charge in [0.15, 0.2) is 23.1 Å². The van der Waals surface area contributed by atoms with Gasteiger partial charge in [-0.05, 0) is 62.5 Å². The Morgan fingerprint density at radius 2 is 1.22 bits per heavy atom. The molecule has 392 valence electrons. The number of nitrogens with one attached hydrogen (secondary N) is 3. The molecule has 0 spiro atoms. The summed E-state index contributed by atoms with van der Waals surface area (Å²) >= 11 is 0. The number of hydrogen-bond donors (Lipinski definition) is 6. The number of aromatic nitrogens is 6. The Hall–Kier alpha value is -6.45. The molecule has 72 heavy (non-hydrogen) atoms. The van der Waals surface area contributed by atoms with Crippen molar-refractivity contribution < 1.29 is 43.7 Å². The van der Waals surface area contributed by atoms with Gasteiger partial charge in [0.2, 0.25) is 0 Å². The third-order valence-electron chi connectivity index (χ3n) is 10.4. The van der Waals surface area contributed by atoms with Crippen molar-refractivity contribution >= 4 is 11.6 Å². The van der Waals surface area contributed by atoms with E-state index in [1.807, 2.05) is 91.6 Å². The minimum absolute atomic E-state index is 0.0549. The van der Waals surface area contributed by atoms with Crippen LogP contribution in [0.1, 0.15) is 27.7 Å². The number of nitrogens with zero attached hydrogens (tertiary/aromatic N) is 7. The number of aliphatic hydroxyl groups is 2. The summed E-state index contributed by atoms with van der Waals surface area (Å²) in [5.74, 6) is 4.64. The molecule has 2 unspecified atom stereocenters. The van der Waals surface area contributed by atoms with Crippen LogP contribution in [0.2, 0.25) is 0 Å². The number of methoxy groups -OCH3 is 4. The van der Waals surface area contributed by atoms with E-state index in [0.717, 1.165) is 40.3 Å². The second kappa shape index (κ2) is 31.8. The number of anilines is 2. The Bertz CT molecular complexity index is 2470. The molecule has 0 aliphatic heterocycles. The molecule has 0 saturated carbocycles. The topological polar surface area (TPSA) is 225 Å². The number of phenols is 1. The summed E-state index contributed by atoms with van der Waals surface area (Å²) in [6.07, 6.45) is 2.65. The van der Waals surface area contributed by atoms with Gasteiger partial charge in [0.1, 0.15) is 48.6 Å². The second-order valence-corrected chi connectivity index (χ2v) is 16.6. The zero-order chi connectivity index (χ0) is 52.3. The molecule has 3 heterocycles. The zero-order valence-electron chi connectivity index (χ0n) is 43.6. The maximum absolute atomic E-state index is 10.0. The lowest BCUT2D eigenvalue weighted by Gasteiger charge is -2.24. The van der Waals surface area contributed by atoms with Crippen LogP contribution in [-0.2, 0) is 20.8 Å². The van der Waals surface area contributed by atoms with Gasteiger partial charge in [-0.1, -0.05) is 52.0 Å². The van der Waals surface area contributed by atoms with Crippen LogP contribution in [0, 0.1) is 5.92 Å². The Balaban J connectivity index is 0.000000304. The molecule has 19 heteroatoms. The van der Waals surface area contributed by atoms with E-state index in [-0.39, 0.29) is 19.0 Å². The molecule has 6 rings (SSSR count). The van der Waals surface area contributed by atoms with Crippen LogP contribution in [0.4, 0.5) is 11.6 Å². The molecule has 0 aliphatic carbocycles. The second-order valence-electron chi connectivity index (χ2n) is 16.6. The molecule has 3 aromatic heterocycles. The molecule has 0 saturated heterocycles. The Morgan fingerprint density at radius 3 is 1.76 bits per heavy atom. The lowest BCUT2D eigenvalue weighted by molar-refractivity contribution is 0.108. The first-order chi connectivity index (χ1) is 35.0. The Labute approximate surface area is 424 Å². The lowest BCUT2D eigenvalue weighted by atomic mass is 10.1. The van der Waals surface area contributed by atoms with Gasteiger partial charge in [0, 0.05) is 101 Å². The maximum atomic E-state index is 10.0. The van der Waals surface area contributed by atoms with Crippen LogP contribution in [0.3, 0.4) is 0 Å². The summed E-state index contributed by atoms with van der Waals surface area (Å²) in [4.78, 5) is 21.4. The van der Waals surface area contributed by atoms with Gasteiger partial charge in [0.25, 0.3) is 0 Å². The highest BCUT2D eigenvalue weighted by atomic mass is 16.5. The van der Waals surface area contributed by atoms with Crippen molar-refractivity contribution in [2.24, 2.45) is 5.92 Å². The first-order valence-electron chi connectivity index (χ1n) is 24.2. The van der Waals surface area contributed by atoms with E-state index in [0.29, 0.717) is 98.9 Å². The lowest BCUT2D eigenvalue weighted by Crippen LogP contribution is -2.31. The molecular formula is C53H76N10O9. The highest BCUT2D eigenvalue weighted by Gasteiger charge is 2.17. The van der Waals surface area contributed by atoms with E-state index in [2.05, 4.69) is 44.8 Å². The number of phenolic OH excluding ortho intramolecular Hbond substituents is 1. The van der Waals surface area contributed by atoms with Gasteiger partial charge in [0.05, 0.1) is 44.5 Å². The standard InChI is InChI=1S/C27H40N6O4.C24H30N4O5.C2H6/c1-20(2)17-33-18-22(15-29-33)25-14-26(32(9-11-35-4)10-12-36-5)31-27(30-25)21-7-6-8-24(13-21)37-19-23(34)16-28-3;1-25-14-18(29)15-33-19-6-4-5-17(11-19)24-27-20(13-23(28-24)26-9-10-31-2)16-7-8-21(30)22(12-16)32-3;1-2/h6-8,13-15,18,20,23,28,34H,9-12,16-17,19H2,1-5H3;4-8,11-13,18,25,29-30H,9-10,14-15H2,1-3H3,(H,26,27,28);1-2H3. The van der Waals surface area contributed by atoms with Crippen molar-refractivity contribution in [1.82, 2.24) is 40.3 Å². The minimum atomic E-state index is -0.612. The molecule has 0 radical (unpaired) electrons. The molecule has 0 fully saturated rings. The fraction of sp³-hybridized carbons (Fsp3) is 0.453. The molecule has 2 atom stereocenters. The van der Waals surface area contributed by atoms with Crippen molar-refractivity contribution in [2.45, 2.75) is 46.4 Å². The molecule has 0 aliphatic rings. The van der Waals surface area contributed by atoms with Crippen LogP contribution in [0.15, 0.2) is 91.3 Å². The highest BCUT2D eigenvalue weighted by molar-refractivity contribution is 5.71. The first kappa shape index (κ1) is 58.1. The minimum Gasteiger partial charge on any atom is -0.504 e. The quantitative estimate of drug-likeness (QED) is 0.0297. The predicted octanol–water partition coefficient (Wildman–Crippen LogP) is 6.29. The summed E-state index contributed by atoms with van der Waals surface area (Å²) in [6, 6.07) is 23.9. The van der Waals surface area contributed by atoms with Crippen molar-refractivity contribution in [3.8, 4) is 68.3 Å². The van der Waals surface area contributed by atoms with Gasteiger partial charge >= 0.3 is 0 Å². The maximum Gasteiger partial charge on any atom is 0.162 e. The third kappa shape index (κ3) is 18.9. The van der Waals surface area contributed by atoms with Crippen LogP contribution < -0.4 is 35.1 Å². The van der Waals surface area contributed by atoms with Gasteiger partial charge in [-0.25, -0.2) is 19.9 Å². The molecule has 6 N–H and O–H groups in total. The van der Waals surface area contributed by atoms with Crippen LogP contribution in [0.5, 0.6) is 23.0 Å². The van der Waals surface area contributed by atoms with Crippen LogP contribution >= 0.6 is 0 Å². The van der Waals surface area contributed by atoms with Crippen molar-refractivity contribution in [1.29, 1.82) is 0 Å². The van der Waals surface area contributed by atoms with E-state index in [9.17, 15) is 15.3 Å². The van der Waals surface area contributed by atoms with Crippen molar-refractivity contribution in [3.05, 3.63) is 91.3 Å². The SMILES string of the molecule is CC.CNCC(O)COc1cccc(-c2nc(-c3cnn(CC(C)C)c3)cc(N(CCOC)CCOC)n2)c1.CNCC(O)COc1cccc(-c2nc(NCCOC)cc(-c3ccc(O)c(OC)c3)n2)c1. The Kier molecular flexibility index (Phi) is 25.7. The molecule has 3 aromatic carbocycles.